The first-order valence-corrected chi connectivity index (χ1v) is 12.1. The Kier molecular flexibility index (Phi) is 8.11. The van der Waals surface area contributed by atoms with Crippen LogP contribution in [0.4, 0.5) is 17.3 Å². The van der Waals surface area contributed by atoms with E-state index in [1.807, 2.05) is 95.9 Å². The molecule has 0 saturated carbocycles. The number of hydrogen-bond donors (Lipinski definition) is 0. The van der Waals surface area contributed by atoms with E-state index in [1.165, 1.54) is 0 Å². The van der Waals surface area contributed by atoms with Gasteiger partial charge in [-0.3, -0.25) is 19.9 Å². The molecule has 7 heteroatoms. The van der Waals surface area contributed by atoms with Crippen molar-refractivity contribution in [2.75, 3.05) is 4.90 Å². The average molecular weight is 683 g/mol. The maximum absolute atomic E-state index is 5.58. The number of rotatable bonds is 5. The third-order valence-corrected chi connectivity index (χ3v) is 5.94. The van der Waals surface area contributed by atoms with Crippen LogP contribution in [0.25, 0.3) is 22.6 Å². The molecule has 0 amide bonds. The van der Waals surface area contributed by atoms with Crippen LogP contribution in [0.2, 0.25) is 0 Å². The smallest absolute Gasteiger partial charge is 0.792 e. The number of anilines is 3. The topological polar surface area (TPSA) is 54.8 Å². The predicted molar refractivity (Wildman–Crippen MR) is 146 cm³/mol. The second-order valence-electron chi connectivity index (χ2n) is 9.36. The SMILES string of the molecule is CC(C)(C)c1nc(-c2cccc(N(c3ccccc3)c3ccccn3)n2)[c-]c(-c2ccccc2[S-])n1.[Pt+2]. The first kappa shape index (κ1) is 26.6. The molecular weight excluding hydrogens is 658 g/mol. The number of hydrogen-bond acceptors (Lipinski definition) is 6. The van der Waals surface area contributed by atoms with Crippen LogP contribution in [0.1, 0.15) is 26.6 Å². The van der Waals surface area contributed by atoms with Crippen molar-refractivity contribution in [1.82, 2.24) is 19.9 Å². The minimum Gasteiger partial charge on any atom is -0.792 e. The molecule has 186 valence electrons. The third-order valence-electron chi connectivity index (χ3n) is 5.58. The Balaban J connectivity index is 0.00000320. The molecule has 2 aromatic carbocycles. The first-order chi connectivity index (χ1) is 17.4. The molecule has 0 N–H and O–H groups in total. The fraction of sp³-hybridized carbons (Fsp3) is 0.133. The summed E-state index contributed by atoms with van der Waals surface area (Å²) < 4.78 is 0. The molecule has 3 aromatic heterocycles. The van der Waals surface area contributed by atoms with Gasteiger partial charge in [0, 0.05) is 17.3 Å². The van der Waals surface area contributed by atoms with Gasteiger partial charge < -0.3 is 12.6 Å². The minimum atomic E-state index is -0.267. The monoisotopic (exact) mass is 682 g/mol. The van der Waals surface area contributed by atoms with Crippen LogP contribution in [0, 0.1) is 6.07 Å². The summed E-state index contributed by atoms with van der Waals surface area (Å²) in [6, 6.07) is 33.0. The minimum absolute atomic E-state index is 0. The number of para-hydroxylation sites is 1. The molecule has 0 aliphatic rings. The molecule has 5 aromatic rings. The van der Waals surface area contributed by atoms with E-state index < -0.39 is 0 Å². The van der Waals surface area contributed by atoms with Gasteiger partial charge in [-0.25, -0.2) is 9.88 Å². The third kappa shape index (κ3) is 5.93. The van der Waals surface area contributed by atoms with E-state index in [0.29, 0.717) is 22.9 Å². The number of nitrogens with zero attached hydrogens (tertiary/aromatic N) is 5. The van der Waals surface area contributed by atoms with E-state index in [0.717, 1.165) is 27.8 Å². The Bertz CT molecular complexity index is 1450. The van der Waals surface area contributed by atoms with Crippen molar-refractivity contribution in [2.45, 2.75) is 31.1 Å². The largest absolute Gasteiger partial charge is 2.00 e. The molecule has 0 atom stereocenters. The van der Waals surface area contributed by atoms with E-state index in [1.54, 1.807) is 6.20 Å². The van der Waals surface area contributed by atoms with Crippen molar-refractivity contribution in [3.05, 3.63) is 109 Å². The quantitative estimate of drug-likeness (QED) is 0.146. The summed E-state index contributed by atoms with van der Waals surface area (Å²) in [5, 5.41) is 0. The summed E-state index contributed by atoms with van der Waals surface area (Å²) >= 11 is 5.58. The molecule has 0 aliphatic carbocycles. The zero-order valence-corrected chi connectivity index (χ0v) is 23.8. The Morgan fingerprint density at radius 3 is 2.08 bits per heavy atom. The maximum Gasteiger partial charge on any atom is 2.00 e. The number of aromatic nitrogens is 4. The van der Waals surface area contributed by atoms with Crippen LogP contribution in [0.3, 0.4) is 0 Å². The van der Waals surface area contributed by atoms with Crippen LogP contribution >= 0.6 is 0 Å². The van der Waals surface area contributed by atoms with Crippen LogP contribution in [0.5, 0.6) is 0 Å². The average Bonchev–Trinajstić information content (AvgIpc) is 2.90. The van der Waals surface area contributed by atoms with Crippen molar-refractivity contribution < 1.29 is 21.1 Å². The summed E-state index contributed by atoms with van der Waals surface area (Å²) in [7, 11) is 0. The maximum atomic E-state index is 5.58. The molecule has 0 bridgehead atoms. The molecule has 0 aliphatic heterocycles. The van der Waals surface area contributed by atoms with Gasteiger partial charge in [0.25, 0.3) is 0 Å². The van der Waals surface area contributed by atoms with Crippen LogP contribution in [-0.4, -0.2) is 19.9 Å². The predicted octanol–water partition coefficient (Wildman–Crippen LogP) is 7.07. The molecule has 5 rings (SSSR count). The van der Waals surface area contributed by atoms with Gasteiger partial charge in [-0.1, -0.05) is 75.4 Å². The summed E-state index contributed by atoms with van der Waals surface area (Å²) in [5.41, 5.74) is 3.55. The number of benzene rings is 2. The molecule has 0 spiro atoms. The van der Waals surface area contributed by atoms with Gasteiger partial charge >= 0.3 is 21.1 Å². The summed E-state index contributed by atoms with van der Waals surface area (Å²) in [4.78, 5) is 22.1. The normalized spacial score (nSPS) is 11.0. The Hall–Kier alpha value is -3.47. The van der Waals surface area contributed by atoms with E-state index in [9.17, 15) is 0 Å². The van der Waals surface area contributed by atoms with Crippen LogP contribution in [-0.2, 0) is 39.1 Å². The number of pyridine rings is 2. The molecule has 0 radical (unpaired) electrons. The summed E-state index contributed by atoms with van der Waals surface area (Å²) in [6.45, 7) is 6.28. The van der Waals surface area contributed by atoms with E-state index >= 15 is 0 Å². The fourth-order valence-corrected chi connectivity index (χ4v) is 4.02. The van der Waals surface area contributed by atoms with Gasteiger partial charge in [0.2, 0.25) is 0 Å². The molecular formula is C30H25N5PtS. The van der Waals surface area contributed by atoms with E-state index in [-0.39, 0.29) is 26.5 Å². The van der Waals surface area contributed by atoms with Gasteiger partial charge in [0.1, 0.15) is 17.5 Å². The summed E-state index contributed by atoms with van der Waals surface area (Å²) in [6.07, 6.45) is 1.78. The zero-order valence-electron chi connectivity index (χ0n) is 20.7. The van der Waals surface area contributed by atoms with E-state index in [2.05, 4.69) is 31.8 Å². The van der Waals surface area contributed by atoms with Gasteiger partial charge in [-0.05, 0) is 47.4 Å². The van der Waals surface area contributed by atoms with Gasteiger partial charge in [-0.15, -0.1) is 17.7 Å². The van der Waals surface area contributed by atoms with Crippen molar-refractivity contribution in [2.24, 2.45) is 0 Å². The van der Waals surface area contributed by atoms with Crippen LogP contribution < -0.4 is 4.90 Å². The van der Waals surface area contributed by atoms with Gasteiger partial charge in [-0.2, -0.15) is 0 Å². The second kappa shape index (κ2) is 11.3. The van der Waals surface area contributed by atoms with Crippen molar-refractivity contribution in [3.63, 3.8) is 0 Å². The first-order valence-electron chi connectivity index (χ1n) is 11.7. The molecule has 3 heterocycles. The fourth-order valence-electron chi connectivity index (χ4n) is 3.78. The molecule has 0 fully saturated rings. The molecule has 0 saturated heterocycles. The molecule has 37 heavy (non-hydrogen) atoms. The molecule has 5 nitrogen and oxygen atoms in total. The zero-order chi connectivity index (χ0) is 25.1. The standard InChI is InChI=1S/C30H26N5S.Pt/c1-30(2,3)29-33-24(22-14-7-8-16-26(22)36)20-25(34-29)23-15-11-18-28(32-23)35(21-12-5-4-6-13-21)27-17-9-10-19-31-27;/h4-19,36H,1-3H3;/q-1;+2/p-1. The summed E-state index contributed by atoms with van der Waals surface area (Å²) in [5.74, 6) is 2.21. The van der Waals surface area contributed by atoms with Gasteiger partial charge in [0.05, 0.1) is 0 Å². The Morgan fingerprint density at radius 1 is 0.703 bits per heavy atom. The second-order valence-corrected chi connectivity index (χ2v) is 9.80. The van der Waals surface area contributed by atoms with Gasteiger partial charge in [0.15, 0.2) is 0 Å². The molecule has 0 unspecified atom stereocenters. The van der Waals surface area contributed by atoms with E-state index in [4.69, 9.17) is 27.6 Å². The van der Waals surface area contributed by atoms with Crippen molar-refractivity contribution in [3.8, 4) is 22.6 Å². The Labute approximate surface area is 237 Å². The van der Waals surface area contributed by atoms with Crippen molar-refractivity contribution in [1.29, 1.82) is 0 Å². The van der Waals surface area contributed by atoms with Crippen molar-refractivity contribution >= 4 is 30.0 Å². The Morgan fingerprint density at radius 2 is 1.38 bits per heavy atom. The van der Waals surface area contributed by atoms with Crippen LogP contribution in [0.15, 0.2) is 102 Å².